The van der Waals surface area contributed by atoms with E-state index in [-0.39, 0.29) is 5.78 Å². The lowest BCUT2D eigenvalue weighted by Gasteiger charge is -2.31. The highest BCUT2D eigenvalue weighted by atomic mass is 32.2. The molecule has 3 nitrogen and oxygen atoms in total. The SMILES string of the molecule is CSc1ccc(C(=O)CN2CCN(C)CC2)cc1. The highest BCUT2D eigenvalue weighted by molar-refractivity contribution is 7.98. The van der Waals surface area contributed by atoms with Crippen molar-refractivity contribution in [2.24, 2.45) is 0 Å². The number of rotatable bonds is 4. The van der Waals surface area contributed by atoms with Crippen LogP contribution in [0.1, 0.15) is 10.4 Å². The molecule has 2 rings (SSSR count). The summed E-state index contributed by atoms with van der Waals surface area (Å²) in [6, 6.07) is 7.90. The fraction of sp³-hybridized carbons (Fsp3) is 0.500. The summed E-state index contributed by atoms with van der Waals surface area (Å²) in [6.07, 6.45) is 2.04. The first-order valence-electron chi connectivity index (χ1n) is 6.27. The molecule has 0 spiro atoms. The number of thioether (sulfide) groups is 1. The van der Waals surface area contributed by atoms with Crippen molar-refractivity contribution in [3.8, 4) is 0 Å². The number of Topliss-reactive ketones (excluding diaryl/α,β-unsaturated/α-hetero) is 1. The average Bonchev–Trinajstić information content (AvgIpc) is 2.41. The average molecular weight is 264 g/mol. The Labute approximate surface area is 113 Å². The van der Waals surface area contributed by atoms with Gasteiger partial charge in [-0.1, -0.05) is 12.1 Å². The maximum absolute atomic E-state index is 12.1. The molecule has 1 aliphatic heterocycles. The van der Waals surface area contributed by atoms with E-state index in [1.807, 2.05) is 30.5 Å². The molecular weight excluding hydrogens is 244 g/mol. The van der Waals surface area contributed by atoms with Crippen molar-refractivity contribution in [2.45, 2.75) is 4.90 Å². The summed E-state index contributed by atoms with van der Waals surface area (Å²) in [5.74, 6) is 0.229. The zero-order valence-electron chi connectivity index (χ0n) is 11.1. The maximum Gasteiger partial charge on any atom is 0.176 e. The Morgan fingerprint density at radius 3 is 2.33 bits per heavy atom. The fourth-order valence-corrected chi connectivity index (χ4v) is 2.49. The maximum atomic E-state index is 12.1. The monoisotopic (exact) mass is 264 g/mol. The van der Waals surface area contributed by atoms with E-state index in [0.717, 1.165) is 31.7 Å². The highest BCUT2D eigenvalue weighted by Crippen LogP contribution is 2.15. The van der Waals surface area contributed by atoms with Crippen LogP contribution in [0.3, 0.4) is 0 Å². The molecule has 0 bridgehead atoms. The minimum atomic E-state index is 0.229. The molecule has 1 aromatic carbocycles. The summed E-state index contributed by atoms with van der Waals surface area (Å²) in [4.78, 5) is 17.9. The van der Waals surface area contributed by atoms with E-state index in [1.165, 1.54) is 4.90 Å². The van der Waals surface area contributed by atoms with Crippen molar-refractivity contribution in [2.75, 3.05) is 46.0 Å². The number of hydrogen-bond acceptors (Lipinski definition) is 4. The van der Waals surface area contributed by atoms with E-state index >= 15 is 0 Å². The first-order chi connectivity index (χ1) is 8.69. The molecule has 98 valence electrons. The Morgan fingerprint density at radius 2 is 1.78 bits per heavy atom. The minimum Gasteiger partial charge on any atom is -0.304 e. The predicted octanol–water partition coefficient (Wildman–Crippen LogP) is 1.84. The summed E-state index contributed by atoms with van der Waals surface area (Å²) in [5.41, 5.74) is 0.826. The molecule has 1 fully saturated rings. The topological polar surface area (TPSA) is 23.6 Å². The molecule has 0 N–H and O–H groups in total. The van der Waals surface area contributed by atoms with Crippen molar-refractivity contribution < 1.29 is 4.79 Å². The van der Waals surface area contributed by atoms with Crippen LogP contribution in [0.25, 0.3) is 0 Å². The van der Waals surface area contributed by atoms with E-state index in [4.69, 9.17) is 0 Å². The van der Waals surface area contributed by atoms with Crippen molar-refractivity contribution in [1.29, 1.82) is 0 Å². The van der Waals surface area contributed by atoms with Crippen LogP contribution in [0.4, 0.5) is 0 Å². The first kappa shape index (κ1) is 13.6. The Kier molecular flexibility index (Phi) is 4.80. The third-order valence-electron chi connectivity index (χ3n) is 3.38. The minimum absolute atomic E-state index is 0.229. The fourth-order valence-electron chi connectivity index (χ4n) is 2.08. The lowest BCUT2D eigenvalue weighted by Crippen LogP contribution is -2.46. The molecule has 4 heteroatoms. The second-order valence-electron chi connectivity index (χ2n) is 4.73. The van der Waals surface area contributed by atoms with Gasteiger partial charge < -0.3 is 4.90 Å². The van der Waals surface area contributed by atoms with Crippen molar-refractivity contribution in [3.05, 3.63) is 29.8 Å². The zero-order valence-corrected chi connectivity index (χ0v) is 11.9. The largest absolute Gasteiger partial charge is 0.304 e. The van der Waals surface area contributed by atoms with Gasteiger partial charge in [0.2, 0.25) is 0 Å². The molecule has 1 aliphatic rings. The summed E-state index contributed by atoms with van der Waals surface area (Å²) in [6.45, 7) is 4.64. The Hall–Kier alpha value is -0.840. The lowest BCUT2D eigenvalue weighted by molar-refractivity contribution is 0.0876. The number of benzene rings is 1. The Balaban J connectivity index is 1.90. The third-order valence-corrected chi connectivity index (χ3v) is 4.12. The molecule has 1 heterocycles. The standard InChI is InChI=1S/C14H20N2OS/c1-15-7-9-16(10-8-15)11-14(17)12-3-5-13(18-2)6-4-12/h3-6H,7-11H2,1-2H3. The molecule has 0 radical (unpaired) electrons. The molecule has 0 aliphatic carbocycles. The molecular formula is C14H20N2OS. The number of ketones is 1. The first-order valence-corrected chi connectivity index (χ1v) is 7.49. The molecule has 18 heavy (non-hydrogen) atoms. The summed E-state index contributed by atoms with van der Waals surface area (Å²) >= 11 is 1.70. The van der Waals surface area contributed by atoms with E-state index < -0.39 is 0 Å². The van der Waals surface area contributed by atoms with E-state index in [0.29, 0.717) is 6.54 Å². The van der Waals surface area contributed by atoms with Gasteiger partial charge in [0, 0.05) is 36.6 Å². The van der Waals surface area contributed by atoms with Gasteiger partial charge in [0.15, 0.2) is 5.78 Å². The van der Waals surface area contributed by atoms with E-state index in [9.17, 15) is 4.79 Å². The summed E-state index contributed by atoms with van der Waals surface area (Å²) < 4.78 is 0. The Bertz CT molecular complexity index is 397. The van der Waals surface area contributed by atoms with Crippen LogP contribution in [-0.2, 0) is 0 Å². The van der Waals surface area contributed by atoms with Crippen LogP contribution in [0.5, 0.6) is 0 Å². The molecule has 1 saturated heterocycles. The third kappa shape index (κ3) is 3.57. The smallest absolute Gasteiger partial charge is 0.176 e. The number of carbonyl (C=O) groups excluding carboxylic acids is 1. The van der Waals surface area contributed by atoms with Crippen molar-refractivity contribution >= 4 is 17.5 Å². The van der Waals surface area contributed by atoms with Gasteiger partial charge in [-0.15, -0.1) is 11.8 Å². The van der Waals surface area contributed by atoms with Crippen molar-refractivity contribution in [1.82, 2.24) is 9.80 Å². The number of likely N-dealkylation sites (N-methyl/N-ethyl adjacent to an activating group) is 1. The summed E-state index contributed by atoms with van der Waals surface area (Å²) in [5, 5.41) is 0. The van der Waals surface area contributed by atoms with Gasteiger partial charge in [0.1, 0.15) is 0 Å². The Morgan fingerprint density at radius 1 is 1.17 bits per heavy atom. The molecule has 0 atom stereocenters. The molecule has 0 saturated carbocycles. The second kappa shape index (κ2) is 6.36. The number of hydrogen-bond donors (Lipinski definition) is 0. The van der Waals surface area contributed by atoms with E-state index in [2.05, 4.69) is 16.8 Å². The van der Waals surface area contributed by atoms with Gasteiger partial charge in [-0.05, 0) is 25.4 Å². The van der Waals surface area contributed by atoms with Crippen LogP contribution < -0.4 is 0 Å². The molecule has 0 unspecified atom stereocenters. The van der Waals surface area contributed by atoms with Gasteiger partial charge in [0.25, 0.3) is 0 Å². The number of piperazine rings is 1. The van der Waals surface area contributed by atoms with Crippen LogP contribution in [0, 0.1) is 0 Å². The normalized spacial score (nSPS) is 17.9. The van der Waals surface area contributed by atoms with Gasteiger partial charge >= 0.3 is 0 Å². The van der Waals surface area contributed by atoms with Crippen molar-refractivity contribution in [3.63, 3.8) is 0 Å². The highest BCUT2D eigenvalue weighted by Gasteiger charge is 2.17. The summed E-state index contributed by atoms with van der Waals surface area (Å²) in [7, 11) is 2.13. The van der Waals surface area contributed by atoms with Gasteiger partial charge in [-0.3, -0.25) is 9.69 Å². The van der Waals surface area contributed by atoms with Gasteiger partial charge in [0.05, 0.1) is 6.54 Å². The van der Waals surface area contributed by atoms with E-state index in [1.54, 1.807) is 11.8 Å². The predicted molar refractivity (Wildman–Crippen MR) is 76.5 cm³/mol. The number of nitrogens with zero attached hydrogens (tertiary/aromatic N) is 2. The molecule has 1 aromatic rings. The van der Waals surface area contributed by atoms with Crippen LogP contribution >= 0.6 is 11.8 Å². The van der Waals surface area contributed by atoms with Crippen LogP contribution in [0.2, 0.25) is 0 Å². The van der Waals surface area contributed by atoms with Crippen LogP contribution in [0.15, 0.2) is 29.2 Å². The molecule has 0 aromatic heterocycles. The number of carbonyl (C=O) groups is 1. The second-order valence-corrected chi connectivity index (χ2v) is 5.61. The quantitative estimate of drug-likeness (QED) is 0.611. The zero-order chi connectivity index (χ0) is 13.0. The lowest BCUT2D eigenvalue weighted by atomic mass is 10.1. The van der Waals surface area contributed by atoms with Gasteiger partial charge in [-0.25, -0.2) is 0 Å². The molecule has 0 amide bonds. The van der Waals surface area contributed by atoms with Gasteiger partial charge in [-0.2, -0.15) is 0 Å². The van der Waals surface area contributed by atoms with Crippen LogP contribution in [-0.4, -0.2) is 61.6 Å².